The molecule has 0 radical (unpaired) electrons. The maximum absolute atomic E-state index is 13.0. The third-order valence-corrected chi connectivity index (χ3v) is 4.86. The zero-order valence-electron chi connectivity index (χ0n) is 16.6. The first kappa shape index (κ1) is 22.2. The van der Waals surface area contributed by atoms with E-state index in [1.165, 1.54) is 6.08 Å². The van der Waals surface area contributed by atoms with Crippen molar-refractivity contribution in [1.82, 2.24) is 0 Å². The summed E-state index contributed by atoms with van der Waals surface area (Å²) in [5, 5.41) is 31.5. The minimum atomic E-state index is -1.92. The Labute approximate surface area is 156 Å². The predicted octanol–water partition coefficient (Wildman–Crippen LogP) is 4.04. The standard InChI is InChI=1S/C21H32O5/c1-12(2)7-8-16-19(24)18(17(23)11-13(3)4)20(25)21(16,26)15(9-10-22)14(5)6/h7,9-10,13-16,22,25-26H,8,11H2,1-6H3/b10-9+/t15-,16+,21-/m1/s1. The topological polar surface area (TPSA) is 94.8 Å². The van der Waals surface area contributed by atoms with Crippen LogP contribution in [0.25, 0.3) is 0 Å². The number of aliphatic hydroxyl groups is 3. The van der Waals surface area contributed by atoms with Crippen molar-refractivity contribution in [3.8, 4) is 0 Å². The average molecular weight is 364 g/mol. The normalized spacial score (nSPS) is 24.8. The van der Waals surface area contributed by atoms with Crippen molar-refractivity contribution >= 4 is 11.6 Å². The summed E-state index contributed by atoms with van der Waals surface area (Å²) < 4.78 is 0. The summed E-state index contributed by atoms with van der Waals surface area (Å²) >= 11 is 0. The van der Waals surface area contributed by atoms with E-state index in [9.17, 15) is 24.9 Å². The highest BCUT2D eigenvalue weighted by Gasteiger charge is 2.58. The van der Waals surface area contributed by atoms with Crippen molar-refractivity contribution in [2.45, 2.75) is 60.0 Å². The van der Waals surface area contributed by atoms with Crippen molar-refractivity contribution in [1.29, 1.82) is 0 Å². The van der Waals surface area contributed by atoms with Crippen LogP contribution >= 0.6 is 0 Å². The van der Waals surface area contributed by atoms with Crippen LogP contribution in [0.1, 0.15) is 54.4 Å². The zero-order valence-corrected chi connectivity index (χ0v) is 16.6. The van der Waals surface area contributed by atoms with Gasteiger partial charge >= 0.3 is 0 Å². The van der Waals surface area contributed by atoms with Crippen LogP contribution < -0.4 is 0 Å². The van der Waals surface area contributed by atoms with E-state index in [2.05, 4.69) is 0 Å². The summed E-state index contributed by atoms with van der Waals surface area (Å²) in [6.07, 6.45) is 4.34. The number of carbonyl (C=O) groups excluding carboxylic acids is 2. The van der Waals surface area contributed by atoms with E-state index < -0.39 is 34.8 Å². The first-order chi connectivity index (χ1) is 12.0. The lowest BCUT2D eigenvalue weighted by Crippen LogP contribution is -2.47. The quantitative estimate of drug-likeness (QED) is 0.343. The highest BCUT2D eigenvalue weighted by atomic mass is 16.3. The van der Waals surface area contributed by atoms with Crippen LogP contribution in [0.2, 0.25) is 0 Å². The Balaban J connectivity index is 3.54. The van der Waals surface area contributed by atoms with E-state index in [-0.39, 0.29) is 30.3 Å². The second-order valence-electron chi connectivity index (χ2n) is 8.12. The van der Waals surface area contributed by atoms with Gasteiger partial charge in [0.1, 0.15) is 16.9 Å². The number of carbonyl (C=O) groups is 2. The third kappa shape index (κ3) is 4.26. The molecular weight excluding hydrogens is 332 g/mol. The van der Waals surface area contributed by atoms with Crippen LogP contribution in [0.5, 0.6) is 0 Å². The fraction of sp³-hybridized carbons (Fsp3) is 0.619. The Morgan fingerprint density at radius 3 is 2.23 bits per heavy atom. The van der Waals surface area contributed by atoms with Crippen molar-refractivity contribution in [2.24, 2.45) is 23.7 Å². The van der Waals surface area contributed by atoms with E-state index in [0.717, 1.165) is 11.8 Å². The lowest BCUT2D eigenvalue weighted by atomic mass is 9.71. The highest BCUT2D eigenvalue weighted by Crippen LogP contribution is 2.47. The number of rotatable bonds is 8. The summed E-state index contributed by atoms with van der Waals surface area (Å²) in [4.78, 5) is 25.5. The minimum absolute atomic E-state index is 0.0266. The molecule has 0 heterocycles. The van der Waals surface area contributed by atoms with Crippen LogP contribution in [-0.4, -0.2) is 32.5 Å². The number of hydrogen-bond acceptors (Lipinski definition) is 5. The summed E-state index contributed by atoms with van der Waals surface area (Å²) in [5.74, 6) is -3.35. The molecule has 0 fully saturated rings. The summed E-state index contributed by atoms with van der Waals surface area (Å²) in [7, 11) is 0. The maximum atomic E-state index is 13.0. The molecule has 5 nitrogen and oxygen atoms in total. The van der Waals surface area contributed by atoms with Gasteiger partial charge < -0.3 is 15.3 Å². The molecule has 0 bridgehead atoms. The minimum Gasteiger partial charge on any atom is -0.516 e. The van der Waals surface area contributed by atoms with Crippen LogP contribution in [-0.2, 0) is 9.59 Å². The van der Waals surface area contributed by atoms with Gasteiger partial charge in [-0.25, -0.2) is 0 Å². The Morgan fingerprint density at radius 2 is 1.81 bits per heavy atom. The third-order valence-electron chi connectivity index (χ3n) is 4.86. The fourth-order valence-corrected chi connectivity index (χ4v) is 3.60. The maximum Gasteiger partial charge on any atom is 0.176 e. The predicted molar refractivity (Wildman–Crippen MR) is 102 cm³/mol. The van der Waals surface area contributed by atoms with E-state index in [0.29, 0.717) is 0 Å². The number of Topliss-reactive ketones (excluding diaryl/α,β-unsaturated/α-hetero) is 2. The van der Waals surface area contributed by atoms with Gasteiger partial charge in [0.15, 0.2) is 11.6 Å². The molecule has 1 rings (SSSR count). The van der Waals surface area contributed by atoms with E-state index in [1.807, 2.05) is 47.6 Å². The highest BCUT2D eigenvalue weighted by molar-refractivity contribution is 6.23. The smallest absolute Gasteiger partial charge is 0.176 e. The molecule has 0 amide bonds. The number of allylic oxidation sites excluding steroid dienone is 3. The molecule has 3 atom stereocenters. The van der Waals surface area contributed by atoms with Crippen LogP contribution in [0.15, 0.2) is 35.3 Å². The van der Waals surface area contributed by atoms with Gasteiger partial charge in [-0.05, 0) is 38.2 Å². The summed E-state index contributed by atoms with van der Waals surface area (Å²) in [6, 6.07) is 0. The van der Waals surface area contributed by atoms with Crippen molar-refractivity contribution in [3.05, 3.63) is 35.3 Å². The molecule has 0 spiro atoms. The second-order valence-corrected chi connectivity index (χ2v) is 8.12. The first-order valence-electron chi connectivity index (χ1n) is 9.16. The van der Waals surface area contributed by atoms with Gasteiger partial charge in [-0.15, -0.1) is 0 Å². The van der Waals surface area contributed by atoms with Crippen molar-refractivity contribution in [3.63, 3.8) is 0 Å². The molecule has 0 unspecified atom stereocenters. The second kappa shape index (κ2) is 8.67. The van der Waals surface area contributed by atoms with E-state index in [1.54, 1.807) is 0 Å². The van der Waals surface area contributed by atoms with Crippen molar-refractivity contribution in [2.75, 3.05) is 0 Å². The average Bonchev–Trinajstić information content (AvgIpc) is 2.69. The van der Waals surface area contributed by atoms with Gasteiger partial charge in [-0.2, -0.15) is 0 Å². The molecule has 5 heteroatoms. The van der Waals surface area contributed by atoms with Gasteiger partial charge in [0.2, 0.25) is 0 Å². The molecule has 0 aliphatic heterocycles. The molecule has 0 saturated heterocycles. The fourth-order valence-electron chi connectivity index (χ4n) is 3.60. The number of hydrogen-bond donors (Lipinski definition) is 3. The molecule has 0 aromatic carbocycles. The zero-order chi connectivity index (χ0) is 20.2. The van der Waals surface area contributed by atoms with Gasteiger partial charge in [-0.1, -0.05) is 39.3 Å². The van der Waals surface area contributed by atoms with E-state index >= 15 is 0 Å². The Morgan fingerprint density at radius 1 is 1.23 bits per heavy atom. The molecule has 0 saturated carbocycles. The van der Waals surface area contributed by atoms with Crippen molar-refractivity contribution < 1.29 is 24.9 Å². The van der Waals surface area contributed by atoms with E-state index in [4.69, 9.17) is 0 Å². The van der Waals surface area contributed by atoms with Gasteiger partial charge in [0, 0.05) is 12.3 Å². The molecule has 1 aliphatic rings. The van der Waals surface area contributed by atoms with Gasteiger partial charge in [-0.3, -0.25) is 9.59 Å². The Hall–Kier alpha value is -1.88. The first-order valence-corrected chi connectivity index (χ1v) is 9.16. The summed E-state index contributed by atoms with van der Waals surface area (Å²) in [6.45, 7) is 11.1. The number of ketones is 2. The molecule has 3 N–H and O–H groups in total. The molecule has 0 aromatic heterocycles. The Kier molecular flexibility index (Phi) is 7.39. The van der Waals surface area contributed by atoms with Crippen LogP contribution in [0, 0.1) is 23.7 Å². The van der Waals surface area contributed by atoms with Crippen LogP contribution in [0.3, 0.4) is 0 Å². The molecular formula is C21H32O5. The lowest BCUT2D eigenvalue weighted by molar-refractivity contribution is -0.128. The number of aliphatic hydroxyl groups excluding tert-OH is 2. The van der Waals surface area contributed by atoms with Gasteiger partial charge in [0.05, 0.1) is 12.2 Å². The largest absolute Gasteiger partial charge is 0.516 e. The molecule has 26 heavy (non-hydrogen) atoms. The molecule has 0 aromatic rings. The SMILES string of the molecule is CC(C)=CC[C@H]1C(=O)C(C(=O)CC(C)C)=C(O)[C@@]1(O)[C@H](/C=C/O)C(C)C. The monoisotopic (exact) mass is 364 g/mol. The Bertz CT molecular complexity index is 635. The molecule has 1 aliphatic carbocycles. The lowest BCUT2D eigenvalue weighted by Gasteiger charge is -2.37. The van der Waals surface area contributed by atoms with Crippen LogP contribution in [0.4, 0.5) is 0 Å². The molecule has 146 valence electrons. The van der Waals surface area contributed by atoms with Gasteiger partial charge in [0.25, 0.3) is 0 Å². The summed E-state index contributed by atoms with van der Waals surface area (Å²) in [5.41, 5.74) is -1.23.